The highest BCUT2D eigenvalue weighted by Gasteiger charge is 2.28. The number of nitrogens with one attached hydrogen (secondary N) is 2. The number of hydrogen-bond donors (Lipinski definition) is 2. The molecule has 0 radical (unpaired) electrons. The van der Waals surface area contributed by atoms with E-state index in [2.05, 4.69) is 20.4 Å². The fourth-order valence-electron chi connectivity index (χ4n) is 1.61. The molecule has 0 amide bonds. The van der Waals surface area contributed by atoms with Gasteiger partial charge in [0.05, 0.1) is 6.54 Å². The molecule has 0 atom stereocenters. The van der Waals surface area contributed by atoms with E-state index >= 15 is 0 Å². The second-order valence-electron chi connectivity index (χ2n) is 4.46. The van der Waals surface area contributed by atoms with Crippen molar-refractivity contribution in [2.24, 2.45) is 0 Å². The van der Waals surface area contributed by atoms with E-state index in [9.17, 15) is 13.2 Å². The molecule has 2 N–H and O–H groups in total. The van der Waals surface area contributed by atoms with Gasteiger partial charge in [-0.05, 0) is 32.1 Å². The van der Waals surface area contributed by atoms with Gasteiger partial charge in [-0.25, -0.2) is 4.98 Å². The minimum atomic E-state index is -4.40. The molecule has 1 rings (SSSR count). The lowest BCUT2D eigenvalue weighted by molar-refractivity contribution is -0.153. The number of anilines is 1. The van der Waals surface area contributed by atoms with Crippen molar-refractivity contribution in [2.45, 2.75) is 26.3 Å². The maximum atomic E-state index is 12.1. The van der Waals surface area contributed by atoms with Gasteiger partial charge in [0.15, 0.2) is 18.0 Å². The average Bonchev–Trinajstić information content (AvgIpc) is 2.51. The summed E-state index contributed by atoms with van der Waals surface area (Å²) in [4.78, 5) is 3.96. The first-order valence-electron chi connectivity index (χ1n) is 7.27. The summed E-state index contributed by atoms with van der Waals surface area (Å²) in [7, 11) is 0. The number of rotatable bonds is 9. The van der Waals surface area contributed by atoms with Crippen LogP contribution in [0.2, 0.25) is 0 Å². The molecule has 0 saturated carbocycles. The van der Waals surface area contributed by atoms with Crippen LogP contribution >= 0.6 is 12.2 Å². The highest BCUT2D eigenvalue weighted by molar-refractivity contribution is 7.80. The van der Waals surface area contributed by atoms with E-state index < -0.39 is 19.1 Å². The van der Waals surface area contributed by atoms with Crippen LogP contribution in [0.25, 0.3) is 0 Å². The SMILES string of the molecule is CCOC(CNC(=S)Nc1cc(OCC(F)(F)F)ccn1)OCC. The van der Waals surface area contributed by atoms with E-state index in [1.165, 1.54) is 18.3 Å². The summed E-state index contributed by atoms with van der Waals surface area (Å²) in [6.45, 7) is 3.62. The van der Waals surface area contributed by atoms with Crippen LogP contribution in [0.15, 0.2) is 18.3 Å². The molecule has 0 aliphatic rings. The summed E-state index contributed by atoms with van der Waals surface area (Å²) in [6, 6.07) is 2.65. The van der Waals surface area contributed by atoms with Crippen molar-refractivity contribution >= 4 is 23.1 Å². The van der Waals surface area contributed by atoms with Crippen molar-refractivity contribution in [2.75, 3.05) is 31.7 Å². The van der Waals surface area contributed by atoms with Crippen LogP contribution in [-0.2, 0) is 9.47 Å². The van der Waals surface area contributed by atoms with E-state index in [0.717, 1.165) is 0 Å². The Balaban J connectivity index is 2.48. The summed E-state index contributed by atoms with van der Waals surface area (Å²) >= 11 is 5.10. The topological polar surface area (TPSA) is 64.6 Å². The molecule has 0 aliphatic carbocycles. The van der Waals surface area contributed by atoms with Crippen LogP contribution in [0.5, 0.6) is 5.75 Å². The molecule has 136 valence electrons. The predicted octanol–water partition coefficient (Wildman–Crippen LogP) is 2.71. The number of alkyl halides is 3. The van der Waals surface area contributed by atoms with E-state index in [-0.39, 0.29) is 16.7 Å². The van der Waals surface area contributed by atoms with Gasteiger partial charge < -0.3 is 24.8 Å². The molecular formula is C14H20F3N3O3S. The van der Waals surface area contributed by atoms with Crippen molar-refractivity contribution in [1.82, 2.24) is 10.3 Å². The fourth-order valence-corrected chi connectivity index (χ4v) is 1.80. The lowest BCUT2D eigenvalue weighted by Crippen LogP contribution is -2.37. The van der Waals surface area contributed by atoms with Crippen LogP contribution in [0, 0.1) is 0 Å². The Bertz CT molecular complexity index is 512. The molecule has 1 heterocycles. The van der Waals surface area contributed by atoms with Gasteiger partial charge >= 0.3 is 6.18 Å². The first-order valence-corrected chi connectivity index (χ1v) is 7.68. The lowest BCUT2D eigenvalue weighted by Gasteiger charge is -2.18. The second-order valence-corrected chi connectivity index (χ2v) is 4.86. The van der Waals surface area contributed by atoms with Crippen LogP contribution in [-0.4, -0.2) is 48.9 Å². The van der Waals surface area contributed by atoms with Gasteiger partial charge in [0.2, 0.25) is 0 Å². The minimum absolute atomic E-state index is 0.0362. The van der Waals surface area contributed by atoms with Gasteiger partial charge in [0.25, 0.3) is 0 Å². The summed E-state index contributed by atoms with van der Waals surface area (Å²) in [5.74, 6) is 0.297. The molecule has 10 heteroatoms. The molecule has 6 nitrogen and oxygen atoms in total. The zero-order valence-electron chi connectivity index (χ0n) is 13.4. The molecular weight excluding hydrogens is 347 g/mol. The molecule has 1 aromatic heterocycles. The van der Waals surface area contributed by atoms with E-state index in [0.29, 0.717) is 19.8 Å². The standard InChI is InChI=1S/C14H20F3N3O3S/c1-3-21-12(22-4-2)8-19-13(24)20-11-7-10(5-6-18-11)23-9-14(15,16)17/h5-7,12H,3-4,8-9H2,1-2H3,(H2,18,19,20,24). The minimum Gasteiger partial charge on any atom is -0.484 e. The van der Waals surface area contributed by atoms with Gasteiger partial charge in [-0.3, -0.25) is 0 Å². The Morgan fingerprint density at radius 1 is 1.29 bits per heavy atom. The van der Waals surface area contributed by atoms with Gasteiger partial charge in [-0.15, -0.1) is 0 Å². The summed E-state index contributed by atoms with van der Waals surface area (Å²) < 4.78 is 51.8. The summed E-state index contributed by atoms with van der Waals surface area (Å²) in [6.07, 6.45) is -3.53. The second kappa shape index (κ2) is 10.3. The van der Waals surface area contributed by atoms with Crippen molar-refractivity contribution in [1.29, 1.82) is 0 Å². The van der Waals surface area contributed by atoms with Crippen molar-refractivity contribution in [3.63, 3.8) is 0 Å². The first-order chi connectivity index (χ1) is 11.3. The quantitative estimate of drug-likeness (QED) is 0.514. The summed E-state index contributed by atoms with van der Waals surface area (Å²) in [5.41, 5.74) is 0. The summed E-state index contributed by atoms with van der Waals surface area (Å²) in [5, 5.41) is 5.88. The van der Waals surface area contributed by atoms with Crippen molar-refractivity contribution in [3.8, 4) is 5.75 Å². The zero-order chi connectivity index (χ0) is 18.0. The zero-order valence-corrected chi connectivity index (χ0v) is 14.2. The molecule has 0 bridgehead atoms. The van der Waals surface area contributed by atoms with Gasteiger partial charge in [-0.2, -0.15) is 13.2 Å². The highest BCUT2D eigenvalue weighted by Crippen LogP contribution is 2.19. The smallest absolute Gasteiger partial charge is 0.422 e. The maximum absolute atomic E-state index is 12.1. The van der Waals surface area contributed by atoms with Crippen LogP contribution in [0.3, 0.4) is 0 Å². The van der Waals surface area contributed by atoms with Gasteiger partial charge in [0.1, 0.15) is 11.6 Å². The van der Waals surface area contributed by atoms with Gasteiger partial charge in [-0.1, -0.05) is 0 Å². The number of halogens is 3. The molecule has 1 aromatic rings. The Kier molecular flexibility index (Phi) is 8.72. The maximum Gasteiger partial charge on any atom is 0.422 e. The van der Waals surface area contributed by atoms with Crippen LogP contribution in [0.4, 0.5) is 19.0 Å². The van der Waals surface area contributed by atoms with E-state index in [4.69, 9.17) is 21.7 Å². The van der Waals surface area contributed by atoms with Crippen LogP contribution < -0.4 is 15.4 Å². The molecule has 0 spiro atoms. The number of pyridine rings is 1. The first kappa shape index (κ1) is 20.4. The Morgan fingerprint density at radius 3 is 2.54 bits per heavy atom. The Morgan fingerprint density at radius 2 is 1.96 bits per heavy atom. The molecule has 0 aromatic carbocycles. The monoisotopic (exact) mass is 367 g/mol. The number of nitrogens with zero attached hydrogens (tertiary/aromatic N) is 1. The van der Waals surface area contributed by atoms with E-state index in [1.54, 1.807) is 0 Å². The normalized spacial score (nSPS) is 11.4. The van der Waals surface area contributed by atoms with Gasteiger partial charge in [0, 0.05) is 25.5 Å². The fraction of sp³-hybridized carbons (Fsp3) is 0.571. The molecule has 0 fully saturated rings. The third-order valence-corrected chi connectivity index (χ3v) is 2.76. The van der Waals surface area contributed by atoms with Crippen LogP contribution in [0.1, 0.15) is 13.8 Å². The van der Waals surface area contributed by atoms with Crippen molar-refractivity contribution < 1.29 is 27.4 Å². The molecule has 0 aliphatic heterocycles. The Labute approximate surface area is 143 Å². The lowest BCUT2D eigenvalue weighted by atomic mass is 10.4. The third kappa shape index (κ3) is 8.85. The number of hydrogen-bond acceptors (Lipinski definition) is 5. The number of aromatic nitrogens is 1. The van der Waals surface area contributed by atoms with E-state index in [1.807, 2.05) is 13.8 Å². The third-order valence-electron chi connectivity index (χ3n) is 2.51. The largest absolute Gasteiger partial charge is 0.484 e. The van der Waals surface area contributed by atoms with Crippen molar-refractivity contribution in [3.05, 3.63) is 18.3 Å². The highest BCUT2D eigenvalue weighted by atomic mass is 32.1. The predicted molar refractivity (Wildman–Crippen MR) is 87.1 cm³/mol. The number of thiocarbonyl (C=S) groups is 1. The Hall–Kier alpha value is -1.65. The molecule has 0 saturated heterocycles. The average molecular weight is 367 g/mol. The number of ether oxygens (including phenoxy) is 3. The molecule has 24 heavy (non-hydrogen) atoms. The molecule has 0 unspecified atom stereocenters.